The molecule has 0 aromatic carbocycles. The largest absolute Gasteiger partial charge is 0.481 e. The van der Waals surface area contributed by atoms with Crippen molar-refractivity contribution in [1.29, 1.82) is 0 Å². The van der Waals surface area contributed by atoms with Gasteiger partial charge in [-0.15, -0.1) is 0 Å². The number of fused-ring (bicyclic) bond motifs is 7. The summed E-state index contributed by atoms with van der Waals surface area (Å²) < 4.78 is 23.4. The minimum atomic E-state index is -2.05. The number of aliphatic hydroxyl groups is 5. The molecule has 60 heavy (non-hydrogen) atoms. The van der Waals surface area contributed by atoms with Crippen LogP contribution < -0.4 is 12.3 Å². The van der Waals surface area contributed by atoms with Crippen LogP contribution in [0, 0.1) is 50.2 Å². The van der Waals surface area contributed by atoms with Gasteiger partial charge in [-0.1, -0.05) is 47.1 Å². The van der Waals surface area contributed by atoms with E-state index in [1.807, 2.05) is 26.8 Å². The summed E-state index contributed by atoms with van der Waals surface area (Å²) >= 11 is 0. The first-order valence-electron chi connectivity index (χ1n) is 20.7. The van der Waals surface area contributed by atoms with Crippen molar-refractivity contribution in [3.63, 3.8) is 0 Å². The second kappa shape index (κ2) is 15.9. The Morgan fingerprint density at radius 2 is 1.25 bits per heavy atom. The molecule has 19 atom stereocenters. The number of carboxylic acid groups (broad SMARTS) is 3. The Bertz CT molecular complexity index is 1740. The van der Waals surface area contributed by atoms with Crippen LogP contribution in [-0.4, -0.2) is 132 Å². The number of allylic oxidation sites excluding steroid dienone is 2. The first kappa shape index (κ1) is 48.4. The van der Waals surface area contributed by atoms with E-state index in [-0.39, 0.29) is 46.7 Å². The van der Waals surface area contributed by atoms with Crippen molar-refractivity contribution in [3.05, 3.63) is 11.6 Å². The lowest BCUT2D eigenvalue weighted by Gasteiger charge is -2.70. The number of carbonyl (C=O) groups excluding carboxylic acids is 1. The van der Waals surface area contributed by atoms with Gasteiger partial charge >= 0.3 is 17.9 Å². The molecular formula is C42H68N2O16. The maximum Gasteiger partial charge on any atom is 0.335 e. The second-order valence-corrected chi connectivity index (χ2v) is 20.6. The average Bonchev–Trinajstić information content (AvgIpc) is 3.13. The first-order chi connectivity index (χ1) is 26.8. The second-order valence-electron chi connectivity index (χ2n) is 20.6. The summed E-state index contributed by atoms with van der Waals surface area (Å²) in [4.78, 5) is 51.3. The van der Waals surface area contributed by atoms with Gasteiger partial charge in [-0.3, -0.25) is 9.59 Å². The highest BCUT2D eigenvalue weighted by Gasteiger charge is 2.71. The van der Waals surface area contributed by atoms with E-state index in [0.29, 0.717) is 25.7 Å². The third-order valence-corrected chi connectivity index (χ3v) is 17.2. The predicted octanol–water partition coefficient (Wildman–Crippen LogP) is 2.57. The van der Waals surface area contributed by atoms with Gasteiger partial charge in [0.25, 0.3) is 0 Å². The molecule has 342 valence electrons. The molecule has 2 saturated heterocycles. The van der Waals surface area contributed by atoms with Gasteiger partial charge in [0.2, 0.25) is 0 Å². The molecule has 0 bridgehead atoms. The lowest BCUT2D eigenvalue weighted by Crippen LogP contribution is -2.68. The highest BCUT2D eigenvalue weighted by Crippen LogP contribution is 2.75. The quantitative estimate of drug-likeness (QED) is 0.164. The molecule has 18 heteroatoms. The molecule has 7 aliphatic rings. The van der Waals surface area contributed by atoms with Gasteiger partial charge in [0.15, 0.2) is 30.6 Å². The van der Waals surface area contributed by atoms with Crippen LogP contribution in [-0.2, 0) is 38.1 Å². The third kappa shape index (κ3) is 6.96. The molecule has 4 saturated carbocycles. The Morgan fingerprint density at radius 1 is 0.683 bits per heavy atom. The molecule has 2 aliphatic heterocycles. The van der Waals surface area contributed by atoms with Crippen LogP contribution in [0.3, 0.4) is 0 Å². The molecule has 2 heterocycles. The molecule has 0 aromatic rings. The summed E-state index contributed by atoms with van der Waals surface area (Å²) in [6.07, 6.45) is -12.2. The van der Waals surface area contributed by atoms with Gasteiger partial charge in [0.1, 0.15) is 36.6 Å². The van der Waals surface area contributed by atoms with Crippen LogP contribution in [0.2, 0.25) is 0 Å². The Kier molecular flexibility index (Phi) is 12.8. The van der Waals surface area contributed by atoms with E-state index >= 15 is 0 Å². The molecule has 0 aromatic heterocycles. The average molecular weight is 857 g/mol. The summed E-state index contributed by atoms with van der Waals surface area (Å²) in [6, 6.07) is 0. The zero-order valence-electron chi connectivity index (χ0n) is 35.8. The Hall–Kier alpha value is -2.62. The highest BCUT2D eigenvalue weighted by molar-refractivity contribution is 5.95. The molecule has 0 radical (unpaired) electrons. The van der Waals surface area contributed by atoms with E-state index in [1.165, 1.54) is 0 Å². The molecule has 14 N–H and O–H groups in total. The van der Waals surface area contributed by atoms with Crippen molar-refractivity contribution in [1.82, 2.24) is 12.3 Å². The molecule has 0 spiro atoms. The third-order valence-electron chi connectivity index (χ3n) is 17.2. The fourth-order valence-corrected chi connectivity index (χ4v) is 13.4. The van der Waals surface area contributed by atoms with E-state index in [1.54, 1.807) is 0 Å². The van der Waals surface area contributed by atoms with Crippen molar-refractivity contribution in [3.8, 4) is 0 Å². The number of ether oxygens (including phenoxy) is 4. The van der Waals surface area contributed by atoms with E-state index in [4.69, 9.17) is 18.9 Å². The molecule has 0 amide bonds. The van der Waals surface area contributed by atoms with E-state index in [0.717, 1.165) is 37.7 Å². The summed E-state index contributed by atoms with van der Waals surface area (Å²) in [5, 5.41) is 83.0. The van der Waals surface area contributed by atoms with E-state index in [9.17, 15) is 60.0 Å². The van der Waals surface area contributed by atoms with Crippen molar-refractivity contribution in [2.45, 2.75) is 174 Å². The van der Waals surface area contributed by atoms with Gasteiger partial charge in [0, 0.05) is 5.92 Å². The zero-order chi connectivity index (χ0) is 42.9. The Balaban J connectivity index is 0.00000341. The minimum absolute atomic E-state index is 0. The lowest BCUT2D eigenvalue weighted by atomic mass is 9.33. The molecule has 3 unspecified atom stereocenters. The standard InChI is InChI=1S/C42H62O16.2H3N/c1-37(2)21-8-11-42(7)31(20(43)16-18-19-17-39(4,36(53)54)13-12-38(19,3)14-15-41(18,42)6)40(21,5)10-9-22(37)55-35-30(26(47)25(46)29(57-35)33(51)52)58-34-27(48)23(44)24(45)28(56-34)32(49)50;;/h16,19,21-31,34-35,44-48H,8-15,17H2,1-7H3,(H,49,50)(H,51,52)(H,53,54);2*1H3/t19-,21-,22?,23-,24-,25-,26-,27+,28?,29-,30+,31+,34-,35-,38+,39-,40-,41+,42?;;/m0../s1. The van der Waals surface area contributed by atoms with Gasteiger partial charge in [-0.25, -0.2) is 9.59 Å². The topological polar surface area (TPSA) is 337 Å². The van der Waals surface area contributed by atoms with Crippen molar-refractivity contribution in [2.24, 2.45) is 50.2 Å². The van der Waals surface area contributed by atoms with Crippen molar-refractivity contribution >= 4 is 23.7 Å². The van der Waals surface area contributed by atoms with E-state index in [2.05, 4.69) is 27.7 Å². The number of aliphatic carboxylic acids is 3. The number of aliphatic hydroxyl groups excluding tert-OH is 5. The van der Waals surface area contributed by atoms with Gasteiger partial charge < -0.3 is 72.1 Å². The number of hydrogen-bond donors (Lipinski definition) is 10. The fourth-order valence-electron chi connectivity index (χ4n) is 13.4. The predicted molar refractivity (Wildman–Crippen MR) is 209 cm³/mol. The fraction of sp³-hybridized carbons (Fsp3) is 0.857. The van der Waals surface area contributed by atoms with Gasteiger partial charge in [-0.2, -0.15) is 0 Å². The number of carbonyl (C=O) groups is 4. The summed E-state index contributed by atoms with van der Waals surface area (Å²) in [6.45, 7) is 14.8. The van der Waals surface area contributed by atoms with Gasteiger partial charge in [0.05, 0.1) is 11.5 Å². The Labute approximate surface area is 350 Å². The number of rotatable bonds is 7. The lowest BCUT2D eigenvalue weighted by molar-refractivity contribution is -0.371. The molecule has 18 nitrogen and oxygen atoms in total. The Morgan fingerprint density at radius 3 is 1.83 bits per heavy atom. The summed E-state index contributed by atoms with van der Waals surface area (Å²) in [5.74, 6) is -4.47. The maximum atomic E-state index is 14.8. The molecule has 7 rings (SSSR count). The summed E-state index contributed by atoms with van der Waals surface area (Å²) in [5.41, 5.74) is -1.81. The van der Waals surface area contributed by atoms with Crippen LogP contribution >= 0.6 is 0 Å². The maximum absolute atomic E-state index is 14.8. The molecule has 5 aliphatic carbocycles. The highest BCUT2D eigenvalue weighted by atomic mass is 16.8. The number of carboxylic acids is 3. The van der Waals surface area contributed by atoms with Crippen molar-refractivity contribution < 1.29 is 79.0 Å². The monoisotopic (exact) mass is 856 g/mol. The summed E-state index contributed by atoms with van der Waals surface area (Å²) in [7, 11) is 0. The van der Waals surface area contributed by atoms with Crippen LogP contribution in [0.1, 0.15) is 106 Å². The molecule has 6 fully saturated rings. The van der Waals surface area contributed by atoms with Gasteiger partial charge in [-0.05, 0) is 110 Å². The SMILES string of the molecule is CC1(C)C(O[C@H]2O[C@H](C(=O)O)[C@@H](O)[C@H](O)[C@H]2O[C@@H]2OC(C(=O)O)[C@@H](O)[C@H](O)[C@H]2O)CC[C@@]2(C)[C@H]1CCC1(C)[C@@H]2C(=O)C=C2[C@@H]3C[C@@](C)(C(=O)O)CC[C@]3(C)CC[C@]21C.N.N. The molecular weight excluding hydrogens is 788 g/mol. The van der Waals surface area contributed by atoms with Crippen molar-refractivity contribution in [2.75, 3.05) is 0 Å². The first-order valence-corrected chi connectivity index (χ1v) is 20.7. The van der Waals surface area contributed by atoms with Crippen LogP contribution in [0.5, 0.6) is 0 Å². The number of hydrogen-bond acceptors (Lipinski definition) is 15. The van der Waals surface area contributed by atoms with Crippen LogP contribution in [0.15, 0.2) is 11.6 Å². The van der Waals surface area contributed by atoms with Crippen LogP contribution in [0.25, 0.3) is 0 Å². The van der Waals surface area contributed by atoms with E-state index < -0.39 is 107 Å². The van der Waals surface area contributed by atoms with Crippen LogP contribution in [0.4, 0.5) is 0 Å². The normalized spacial score (nSPS) is 50.8. The smallest absolute Gasteiger partial charge is 0.335 e. The minimum Gasteiger partial charge on any atom is -0.481 e. The number of ketones is 1. The zero-order valence-corrected chi connectivity index (χ0v) is 35.8.